The van der Waals surface area contributed by atoms with E-state index in [0.29, 0.717) is 17.2 Å². The van der Waals surface area contributed by atoms with Crippen molar-refractivity contribution in [3.05, 3.63) is 102 Å². The molecule has 0 heterocycles. The number of carbonyl (C=O) groups excluding carboxylic acids is 1. The van der Waals surface area contributed by atoms with Crippen molar-refractivity contribution in [1.29, 1.82) is 0 Å². The van der Waals surface area contributed by atoms with Crippen molar-refractivity contribution in [2.75, 3.05) is 10.6 Å². The number of rotatable bonds is 9. The highest BCUT2D eigenvalue weighted by molar-refractivity contribution is 7.92. The minimum atomic E-state index is -3.45. The average molecular weight is 451 g/mol. The van der Waals surface area contributed by atoms with Crippen molar-refractivity contribution in [3.8, 4) is 0 Å². The predicted molar refractivity (Wildman–Crippen MR) is 130 cm³/mol. The third-order valence-electron chi connectivity index (χ3n) is 5.20. The lowest BCUT2D eigenvalue weighted by Crippen LogP contribution is -2.30. The SMILES string of the molecule is CC(C)C[C@H](NC(=O)c1ccc(CN(c2ccccc2)S(C)(=O)=O)cc1)c1ccccc1. The van der Waals surface area contributed by atoms with E-state index in [1.54, 1.807) is 48.5 Å². The molecule has 1 amide bonds. The van der Waals surface area contributed by atoms with Crippen molar-refractivity contribution in [1.82, 2.24) is 5.32 Å². The first-order valence-corrected chi connectivity index (χ1v) is 12.6. The zero-order valence-electron chi connectivity index (χ0n) is 18.7. The largest absolute Gasteiger partial charge is 0.345 e. The van der Waals surface area contributed by atoms with E-state index < -0.39 is 10.0 Å². The number of carbonyl (C=O) groups is 1. The molecule has 5 nitrogen and oxygen atoms in total. The maximum atomic E-state index is 12.9. The van der Waals surface area contributed by atoms with Crippen LogP contribution in [0.4, 0.5) is 5.69 Å². The van der Waals surface area contributed by atoms with Crippen molar-refractivity contribution in [2.45, 2.75) is 32.9 Å². The normalized spacial score (nSPS) is 12.4. The van der Waals surface area contributed by atoms with Crippen LogP contribution < -0.4 is 9.62 Å². The summed E-state index contributed by atoms with van der Waals surface area (Å²) in [5.41, 5.74) is 3.04. The number of hydrogen-bond acceptors (Lipinski definition) is 3. The molecule has 6 heteroatoms. The van der Waals surface area contributed by atoms with Crippen LogP contribution in [0, 0.1) is 5.92 Å². The fraction of sp³-hybridized carbons (Fsp3) is 0.269. The van der Waals surface area contributed by atoms with Crippen molar-refractivity contribution < 1.29 is 13.2 Å². The molecule has 168 valence electrons. The first-order chi connectivity index (χ1) is 15.2. The second-order valence-corrected chi connectivity index (χ2v) is 10.3. The lowest BCUT2D eigenvalue weighted by Gasteiger charge is -2.23. The van der Waals surface area contributed by atoms with Gasteiger partial charge in [-0.05, 0) is 47.7 Å². The maximum absolute atomic E-state index is 12.9. The average Bonchev–Trinajstić information content (AvgIpc) is 2.77. The number of nitrogens with zero attached hydrogens (tertiary/aromatic N) is 1. The van der Waals surface area contributed by atoms with E-state index in [1.165, 1.54) is 10.6 Å². The maximum Gasteiger partial charge on any atom is 0.251 e. The van der Waals surface area contributed by atoms with Crippen LogP contribution in [0.2, 0.25) is 0 Å². The van der Waals surface area contributed by atoms with Gasteiger partial charge in [-0.3, -0.25) is 9.10 Å². The van der Waals surface area contributed by atoms with Crippen molar-refractivity contribution in [3.63, 3.8) is 0 Å². The molecular formula is C26H30N2O3S. The molecule has 3 aromatic carbocycles. The molecule has 0 aliphatic heterocycles. The summed E-state index contributed by atoms with van der Waals surface area (Å²) < 4.78 is 26.0. The van der Waals surface area contributed by atoms with Gasteiger partial charge in [-0.15, -0.1) is 0 Å². The number of nitrogens with one attached hydrogen (secondary N) is 1. The summed E-state index contributed by atoms with van der Waals surface area (Å²) in [7, 11) is -3.45. The van der Waals surface area contributed by atoms with Gasteiger partial charge >= 0.3 is 0 Å². The molecule has 0 spiro atoms. The Bertz CT molecular complexity index is 1110. The van der Waals surface area contributed by atoms with Crippen LogP contribution in [0.1, 0.15) is 47.8 Å². The summed E-state index contributed by atoms with van der Waals surface area (Å²) in [5.74, 6) is 0.289. The second kappa shape index (κ2) is 10.5. The molecule has 32 heavy (non-hydrogen) atoms. The molecular weight excluding hydrogens is 420 g/mol. The molecule has 0 aromatic heterocycles. The lowest BCUT2D eigenvalue weighted by molar-refractivity contribution is 0.0932. The molecule has 0 aliphatic carbocycles. The van der Waals surface area contributed by atoms with E-state index >= 15 is 0 Å². The van der Waals surface area contributed by atoms with Gasteiger partial charge < -0.3 is 5.32 Å². The molecule has 0 unspecified atom stereocenters. The van der Waals surface area contributed by atoms with Gasteiger partial charge in [0, 0.05) is 5.56 Å². The molecule has 0 saturated carbocycles. The zero-order valence-corrected chi connectivity index (χ0v) is 19.5. The number of hydrogen-bond donors (Lipinski definition) is 1. The molecule has 0 bridgehead atoms. The summed E-state index contributed by atoms with van der Waals surface area (Å²) in [6.07, 6.45) is 2.04. The fourth-order valence-electron chi connectivity index (χ4n) is 3.60. The monoisotopic (exact) mass is 450 g/mol. The second-order valence-electron chi connectivity index (χ2n) is 8.37. The quantitative estimate of drug-likeness (QED) is 0.489. The minimum Gasteiger partial charge on any atom is -0.345 e. The molecule has 0 saturated heterocycles. The zero-order chi connectivity index (χ0) is 23.1. The molecule has 1 N–H and O–H groups in total. The number of sulfonamides is 1. The summed E-state index contributed by atoms with van der Waals surface area (Å²) in [4.78, 5) is 12.9. The van der Waals surface area contributed by atoms with Gasteiger partial charge in [0.2, 0.25) is 10.0 Å². The standard InChI is InChI=1S/C26H30N2O3S/c1-20(2)18-25(22-10-6-4-7-11-22)27-26(29)23-16-14-21(15-17-23)19-28(32(3,30)31)24-12-8-5-9-13-24/h4-17,20,25H,18-19H2,1-3H3,(H,27,29)/t25-/m0/s1. The van der Waals surface area contributed by atoms with E-state index in [-0.39, 0.29) is 18.5 Å². The van der Waals surface area contributed by atoms with Gasteiger partial charge in [-0.2, -0.15) is 0 Å². The highest BCUT2D eigenvalue weighted by Gasteiger charge is 2.19. The minimum absolute atomic E-state index is 0.0674. The van der Waals surface area contributed by atoms with E-state index in [1.807, 2.05) is 36.4 Å². The number of amides is 1. The molecule has 0 fully saturated rings. The van der Waals surface area contributed by atoms with Crippen LogP contribution >= 0.6 is 0 Å². The molecule has 1 atom stereocenters. The highest BCUT2D eigenvalue weighted by Crippen LogP contribution is 2.23. The van der Waals surface area contributed by atoms with E-state index in [9.17, 15) is 13.2 Å². The van der Waals surface area contributed by atoms with E-state index in [0.717, 1.165) is 17.5 Å². The Hall–Kier alpha value is -3.12. The van der Waals surface area contributed by atoms with Crippen molar-refractivity contribution >= 4 is 21.6 Å². The third kappa shape index (κ3) is 6.44. The highest BCUT2D eigenvalue weighted by atomic mass is 32.2. The van der Waals surface area contributed by atoms with Crippen molar-refractivity contribution in [2.24, 2.45) is 5.92 Å². The Morgan fingerprint density at radius 1 is 0.875 bits per heavy atom. The van der Waals surface area contributed by atoms with Crippen LogP contribution in [0.3, 0.4) is 0 Å². The van der Waals surface area contributed by atoms with Gasteiger partial charge in [0.25, 0.3) is 5.91 Å². The van der Waals surface area contributed by atoms with Crippen LogP contribution in [0.25, 0.3) is 0 Å². The molecule has 0 radical (unpaired) electrons. The smallest absolute Gasteiger partial charge is 0.251 e. The summed E-state index contributed by atoms with van der Waals surface area (Å²) in [5, 5.41) is 3.15. The number of anilines is 1. The predicted octanol–water partition coefficient (Wildman–Crippen LogP) is 5.17. The van der Waals surface area contributed by atoms with Gasteiger partial charge in [0.05, 0.1) is 24.5 Å². The fourth-order valence-corrected chi connectivity index (χ4v) is 4.49. The molecule has 3 aromatic rings. The third-order valence-corrected chi connectivity index (χ3v) is 6.34. The van der Waals surface area contributed by atoms with Crippen LogP contribution in [0.5, 0.6) is 0 Å². The first kappa shape index (κ1) is 23.5. The summed E-state index contributed by atoms with van der Waals surface area (Å²) in [6.45, 7) is 4.47. The Kier molecular flexibility index (Phi) is 7.70. The lowest BCUT2D eigenvalue weighted by atomic mass is 9.96. The van der Waals surface area contributed by atoms with Crippen LogP contribution in [-0.4, -0.2) is 20.6 Å². The van der Waals surface area contributed by atoms with Gasteiger partial charge in [0.1, 0.15) is 0 Å². The summed E-state index contributed by atoms with van der Waals surface area (Å²) >= 11 is 0. The van der Waals surface area contributed by atoms with E-state index in [2.05, 4.69) is 19.2 Å². The van der Waals surface area contributed by atoms with Gasteiger partial charge in [0.15, 0.2) is 0 Å². The van der Waals surface area contributed by atoms with Gasteiger partial charge in [-0.1, -0.05) is 74.5 Å². The number of para-hydroxylation sites is 1. The van der Waals surface area contributed by atoms with E-state index in [4.69, 9.17) is 0 Å². The van der Waals surface area contributed by atoms with Crippen LogP contribution in [0.15, 0.2) is 84.9 Å². The Balaban J connectivity index is 1.74. The Morgan fingerprint density at radius 3 is 1.97 bits per heavy atom. The molecule has 0 aliphatic rings. The van der Waals surface area contributed by atoms with Gasteiger partial charge in [-0.25, -0.2) is 8.42 Å². The Labute approximate surface area is 191 Å². The number of benzene rings is 3. The Morgan fingerprint density at radius 2 is 1.44 bits per heavy atom. The topological polar surface area (TPSA) is 66.5 Å². The summed E-state index contributed by atoms with van der Waals surface area (Å²) in [6, 6.07) is 26.0. The molecule has 3 rings (SSSR count). The van der Waals surface area contributed by atoms with Crippen LogP contribution in [-0.2, 0) is 16.6 Å². The first-order valence-electron chi connectivity index (χ1n) is 10.7.